The average Bonchev–Trinajstić information content (AvgIpc) is 2.14. The lowest BCUT2D eigenvalue weighted by molar-refractivity contribution is -0.138. The van der Waals surface area contributed by atoms with E-state index in [4.69, 9.17) is 5.11 Å². The van der Waals surface area contributed by atoms with E-state index >= 15 is 0 Å². The second-order valence-corrected chi connectivity index (χ2v) is 4.26. The zero-order chi connectivity index (χ0) is 11.6. The van der Waals surface area contributed by atoms with Crippen molar-refractivity contribution in [2.24, 2.45) is 0 Å². The van der Waals surface area contributed by atoms with Crippen molar-refractivity contribution < 1.29 is 18.3 Å². The number of benzene rings is 1. The first-order valence-corrected chi connectivity index (χ1v) is 5.25. The Morgan fingerprint density at radius 3 is 2.47 bits per heavy atom. The SMILES string of the molecule is C[C](CO)c1cccc(I)c1C(F)(F)F. The van der Waals surface area contributed by atoms with Gasteiger partial charge in [-0.1, -0.05) is 19.1 Å². The molecule has 0 amide bonds. The van der Waals surface area contributed by atoms with Crippen molar-refractivity contribution in [1.82, 2.24) is 0 Å². The van der Waals surface area contributed by atoms with Crippen molar-refractivity contribution in [3.05, 3.63) is 38.8 Å². The minimum atomic E-state index is -4.39. The molecule has 1 aromatic carbocycles. The van der Waals surface area contributed by atoms with E-state index in [1.807, 2.05) is 0 Å². The van der Waals surface area contributed by atoms with Gasteiger partial charge in [0.1, 0.15) is 0 Å². The highest BCUT2D eigenvalue weighted by molar-refractivity contribution is 14.1. The van der Waals surface area contributed by atoms with E-state index in [-0.39, 0.29) is 15.7 Å². The molecule has 1 nitrogen and oxygen atoms in total. The molecular weight excluding hydrogens is 320 g/mol. The Kier molecular flexibility index (Phi) is 3.99. The number of hydrogen-bond donors (Lipinski definition) is 1. The zero-order valence-corrected chi connectivity index (χ0v) is 10.1. The van der Waals surface area contributed by atoms with E-state index in [1.54, 1.807) is 28.7 Å². The highest BCUT2D eigenvalue weighted by Crippen LogP contribution is 2.37. The molecule has 0 bridgehead atoms. The molecule has 0 aliphatic heterocycles. The van der Waals surface area contributed by atoms with Gasteiger partial charge in [0.25, 0.3) is 0 Å². The summed E-state index contributed by atoms with van der Waals surface area (Å²) in [5.74, 6) is 0.320. The fourth-order valence-corrected chi connectivity index (χ4v) is 2.06. The van der Waals surface area contributed by atoms with E-state index in [0.29, 0.717) is 5.92 Å². The van der Waals surface area contributed by atoms with Gasteiger partial charge in [-0.3, -0.25) is 0 Å². The van der Waals surface area contributed by atoms with Gasteiger partial charge in [0, 0.05) is 9.49 Å². The fraction of sp³-hybridized carbons (Fsp3) is 0.300. The van der Waals surface area contributed by atoms with Crippen LogP contribution < -0.4 is 0 Å². The van der Waals surface area contributed by atoms with Gasteiger partial charge in [0.2, 0.25) is 0 Å². The second kappa shape index (κ2) is 4.69. The maximum Gasteiger partial charge on any atom is 0.417 e. The molecule has 0 unspecified atom stereocenters. The highest BCUT2D eigenvalue weighted by atomic mass is 127. The summed E-state index contributed by atoms with van der Waals surface area (Å²) >= 11 is 1.65. The fourth-order valence-electron chi connectivity index (χ4n) is 1.25. The zero-order valence-electron chi connectivity index (χ0n) is 7.90. The molecule has 1 aromatic rings. The van der Waals surface area contributed by atoms with Crippen LogP contribution in [0.4, 0.5) is 13.2 Å². The lowest BCUT2D eigenvalue weighted by Crippen LogP contribution is -2.15. The molecule has 0 aliphatic carbocycles. The van der Waals surface area contributed by atoms with Crippen LogP contribution in [0.5, 0.6) is 0 Å². The molecule has 0 aliphatic rings. The first-order valence-electron chi connectivity index (χ1n) is 4.17. The predicted molar refractivity (Wildman–Crippen MR) is 59.3 cm³/mol. The second-order valence-electron chi connectivity index (χ2n) is 3.10. The summed E-state index contributed by atoms with van der Waals surface area (Å²) in [5.41, 5.74) is -0.603. The van der Waals surface area contributed by atoms with E-state index in [2.05, 4.69) is 0 Å². The molecule has 1 radical (unpaired) electrons. The number of aliphatic hydroxyl groups excluding tert-OH is 1. The average molecular weight is 329 g/mol. The number of rotatable bonds is 2. The number of halogens is 4. The molecule has 5 heteroatoms. The van der Waals surface area contributed by atoms with E-state index in [1.165, 1.54) is 19.1 Å². The van der Waals surface area contributed by atoms with Crippen LogP contribution in [0.25, 0.3) is 0 Å². The monoisotopic (exact) mass is 329 g/mol. The standard InChI is InChI=1S/C10H9F3IO/c1-6(5-15)7-3-2-4-8(14)9(7)10(11,12)13/h2-4,15H,5H2,1H3. The van der Waals surface area contributed by atoms with Crippen LogP contribution in [0.2, 0.25) is 0 Å². The molecule has 1 N–H and O–H groups in total. The van der Waals surface area contributed by atoms with Crippen LogP contribution in [0.1, 0.15) is 18.1 Å². The van der Waals surface area contributed by atoms with Crippen LogP contribution in [0.3, 0.4) is 0 Å². The van der Waals surface area contributed by atoms with Gasteiger partial charge in [-0.25, -0.2) is 0 Å². The van der Waals surface area contributed by atoms with Gasteiger partial charge in [0.05, 0.1) is 12.2 Å². The minimum absolute atomic E-state index is 0.0666. The molecule has 0 aromatic heterocycles. The quantitative estimate of drug-likeness (QED) is 0.826. The third-order valence-electron chi connectivity index (χ3n) is 1.99. The topological polar surface area (TPSA) is 20.2 Å². The number of aliphatic hydroxyl groups is 1. The van der Waals surface area contributed by atoms with Crippen molar-refractivity contribution >= 4 is 22.6 Å². The van der Waals surface area contributed by atoms with Crippen molar-refractivity contribution in [1.29, 1.82) is 0 Å². The highest BCUT2D eigenvalue weighted by Gasteiger charge is 2.36. The van der Waals surface area contributed by atoms with Crippen LogP contribution in [-0.2, 0) is 6.18 Å². The normalized spacial score (nSPS) is 12.2. The molecule has 83 valence electrons. The summed E-state index contributed by atoms with van der Waals surface area (Å²) < 4.78 is 38.3. The Bertz CT molecular complexity index is 349. The summed E-state index contributed by atoms with van der Waals surface area (Å²) in [4.78, 5) is 0. The largest absolute Gasteiger partial charge is 0.417 e. The number of alkyl halides is 3. The van der Waals surface area contributed by atoms with Crippen molar-refractivity contribution in [3.63, 3.8) is 0 Å². The first kappa shape index (κ1) is 12.8. The van der Waals surface area contributed by atoms with Gasteiger partial charge < -0.3 is 5.11 Å². The Morgan fingerprint density at radius 1 is 1.40 bits per heavy atom. The Morgan fingerprint density at radius 2 is 2.00 bits per heavy atom. The molecule has 15 heavy (non-hydrogen) atoms. The van der Waals surface area contributed by atoms with Crippen molar-refractivity contribution in [2.45, 2.75) is 13.1 Å². The van der Waals surface area contributed by atoms with Crippen molar-refractivity contribution in [2.75, 3.05) is 6.61 Å². The Balaban J connectivity index is 3.33. The lowest BCUT2D eigenvalue weighted by Gasteiger charge is -2.17. The molecule has 0 heterocycles. The molecular formula is C10H9F3IO. The summed E-state index contributed by atoms with van der Waals surface area (Å²) in [5, 5.41) is 8.86. The smallest absolute Gasteiger partial charge is 0.395 e. The summed E-state index contributed by atoms with van der Waals surface area (Å²) in [6.07, 6.45) is -4.39. The molecule has 1 rings (SSSR count). The summed E-state index contributed by atoms with van der Waals surface area (Å²) in [6, 6.07) is 4.32. The minimum Gasteiger partial charge on any atom is -0.395 e. The number of hydrogen-bond acceptors (Lipinski definition) is 1. The van der Waals surface area contributed by atoms with Gasteiger partial charge in [-0.2, -0.15) is 13.2 Å². The van der Waals surface area contributed by atoms with E-state index in [9.17, 15) is 13.2 Å². The van der Waals surface area contributed by atoms with Crippen LogP contribution in [0.15, 0.2) is 18.2 Å². The van der Waals surface area contributed by atoms with E-state index < -0.39 is 11.7 Å². The van der Waals surface area contributed by atoms with Crippen molar-refractivity contribution in [3.8, 4) is 0 Å². The van der Waals surface area contributed by atoms with Crippen LogP contribution in [-0.4, -0.2) is 11.7 Å². The molecule has 0 saturated carbocycles. The molecule has 0 saturated heterocycles. The molecule has 0 atom stereocenters. The predicted octanol–water partition coefficient (Wildman–Crippen LogP) is 3.24. The maximum atomic E-state index is 12.7. The third-order valence-corrected chi connectivity index (χ3v) is 2.89. The van der Waals surface area contributed by atoms with Crippen LogP contribution >= 0.6 is 22.6 Å². The van der Waals surface area contributed by atoms with Gasteiger partial charge in [-0.15, -0.1) is 0 Å². The lowest BCUT2D eigenvalue weighted by atomic mass is 9.96. The van der Waals surface area contributed by atoms with Gasteiger partial charge in [-0.05, 0) is 34.2 Å². The van der Waals surface area contributed by atoms with E-state index in [0.717, 1.165) is 0 Å². The first-order chi connectivity index (χ1) is 6.88. The third kappa shape index (κ3) is 2.84. The van der Waals surface area contributed by atoms with Gasteiger partial charge in [0.15, 0.2) is 0 Å². The summed E-state index contributed by atoms with van der Waals surface area (Å²) in [6.45, 7) is 1.11. The summed E-state index contributed by atoms with van der Waals surface area (Å²) in [7, 11) is 0. The Hall–Kier alpha value is -0.300. The molecule has 0 spiro atoms. The molecule has 0 fully saturated rings. The Labute approximate surface area is 99.4 Å². The maximum absolute atomic E-state index is 12.7. The van der Waals surface area contributed by atoms with Gasteiger partial charge >= 0.3 is 6.18 Å². The van der Waals surface area contributed by atoms with Crippen LogP contribution in [0, 0.1) is 9.49 Å².